The zero-order valence-electron chi connectivity index (χ0n) is 18.2. The molecular formula is C21H27ClN6O5. The summed E-state index contributed by atoms with van der Waals surface area (Å²) in [5, 5.41) is 3.20. The number of amides is 1. The maximum atomic E-state index is 12.0. The first-order chi connectivity index (χ1) is 16.2. The largest absolute Gasteiger partial charge is 0.482 e. The van der Waals surface area contributed by atoms with Gasteiger partial charge in [0, 0.05) is 26.2 Å². The molecule has 33 heavy (non-hydrogen) atoms. The first-order valence-corrected chi connectivity index (χ1v) is 11.2. The first-order valence-electron chi connectivity index (χ1n) is 10.9. The topological polar surface area (TPSA) is 111 Å². The van der Waals surface area contributed by atoms with E-state index >= 15 is 0 Å². The maximum Gasteiger partial charge on any atom is 0.323 e. The molecule has 0 aliphatic carbocycles. The molecule has 2 aromatic rings. The molecule has 0 bridgehead atoms. The third-order valence-electron chi connectivity index (χ3n) is 5.03. The van der Waals surface area contributed by atoms with Crippen LogP contribution in [0.5, 0.6) is 11.8 Å². The molecule has 4 rings (SSSR count). The predicted molar refractivity (Wildman–Crippen MR) is 121 cm³/mol. The lowest BCUT2D eigenvalue weighted by Crippen LogP contribution is -2.40. The Labute approximate surface area is 197 Å². The van der Waals surface area contributed by atoms with E-state index in [0.717, 1.165) is 0 Å². The van der Waals surface area contributed by atoms with E-state index in [2.05, 4.69) is 30.1 Å². The minimum Gasteiger partial charge on any atom is -0.482 e. The second-order valence-corrected chi connectivity index (χ2v) is 7.74. The van der Waals surface area contributed by atoms with Gasteiger partial charge in [-0.2, -0.15) is 15.0 Å². The molecule has 12 heteroatoms. The maximum absolute atomic E-state index is 12.0. The lowest BCUT2D eigenvalue weighted by molar-refractivity contribution is -0.123. The number of rotatable bonds is 9. The molecule has 1 amide bonds. The lowest BCUT2D eigenvalue weighted by Gasteiger charge is -2.30. The van der Waals surface area contributed by atoms with Crippen molar-refractivity contribution in [3.8, 4) is 11.8 Å². The Morgan fingerprint density at radius 3 is 2.15 bits per heavy atom. The van der Waals surface area contributed by atoms with Crippen LogP contribution in [0.2, 0.25) is 5.02 Å². The third-order valence-corrected chi connectivity index (χ3v) is 5.34. The second kappa shape index (κ2) is 11.8. The zero-order chi connectivity index (χ0) is 22.9. The minimum absolute atomic E-state index is 0.141. The summed E-state index contributed by atoms with van der Waals surface area (Å²) in [7, 11) is 0. The summed E-state index contributed by atoms with van der Waals surface area (Å²) < 4.78 is 22.0. The molecule has 1 aromatic carbocycles. The van der Waals surface area contributed by atoms with Crippen molar-refractivity contribution < 1.29 is 23.7 Å². The van der Waals surface area contributed by atoms with Crippen molar-refractivity contribution in [2.75, 3.05) is 82.2 Å². The number of ether oxygens (including phenoxy) is 4. The molecule has 11 nitrogen and oxygen atoms in total. The summed E-state index contributed by atoms with van der Waals surface area (Å²) in [4.78, 5) is 29.7. The van der Waals surface area contributed by atoms with Crippen LogP contribution >= 0.6 is 11.6 Å². The van der Waals surface area contributed by atoms with Crippen molar-refractivity contribution in [1.82, 2.24) is 20.3 Å². The van der Waals surface area contributed by atoms with E-state index in [1.54, 1.807) is 24.3 Å². The highest BCUT2D eigenvalue weighted by Gasteiger charge is 2.21. The van der Waals surface area contributed by atoms with Crippen LogP contribution in [0.15, 0.2) is 24.3 Å². The number of carbonyl (C=O) groups excluding carboxylic acids is 1. The van der Waals surface area contributed by atoms with Crippen molar-refractivity contribution in [2.24, 2.45) is 0 Å². The van der Waals surface area contributed by atoms with E-state index in [1.807, 2.05) is 0 Å². The molecular weight excluding hydrogens is 452 g/mol. The molecule has 0 unspecified atom stereocenters. The molecule has 2 aliphatic rings. The zero-order valence-corrected chi connectivity index (χ0v) is 19.0. The number of hydrogen-bond acceptors (Lipinski definition) is 10. The third kappa shape index (κ3) is 6.80. The van der Waals surface area contributed by atoms with Crippen molar-refractivity contribution in [1.29, 1.82) is 0 Å². The Hall–Kier alpha value is -2.89. The van der Waals surface area contributed by atoms with Gasteiger partial charge in [-0.05, 0) is 12.1 Å². The molecule has 2 aliphatic heterocycles. The number of nitrogens with zero attached hydrogens (tertiary/aromatic N) is 5. The van der Waals surface area contributed by atoms with Crippen LogP contribution < -0.4 is 24.6 Å². The number of aromatic nitrogens is 3. The molecule has 3 heterocycles. The van der Waals surface area contributed by atoms with E-state index in [-0.39, 0.29) is 31.7 Å². The van der Waals surface area contributed by atoms with Crippen LogP contribution in [0, 0.1) is 0 Å². The molecule has 2 saturated heterocycles. The summed E-state index contributed by atoms with van der Waals surface area (Å²) in [5.41, 5.74) is 0. The van der Waals surface area contributed by atoms with Gasteiger partial charge >= 0.3 is 6.01 Å². The van der Waals surface area contributed by atoms with Gasteiger partial charge in [-0.1, -0.05) is 23.7 Å². The summed E-state index contributed by atoms with van der Waals surface area (Å²) in [6.07, 6.45) is 0. The quantitative estimate of drug-likeness (QED) is 0.519. The lowest BCUT2D eigenvalue weighted by atomic mass is 10.3. The number of para-hydroxylation sites is 1. The molecule has 0 saturated carbocycles. The molecule has 0 radical (unpaired) electrons. The van der Waals surface area contributed by atoms with Crippen LogP contribution in [0.4, 0.5) is 11.9 Å². The minimum atomic E-state index is -0.280. The number of hydrogen-bond donors (Lipinski definition) is 1. The van der Waals surface area contributed by atoms with Gasteiger partial charge in [0.1, 0.15) is 12.4 Å². The Morgan fingerprint density at radius 1 is 0.939 bits per heavy atom. The number of morpholine rings is 2. The van der Waals surface area contributed by atoms with Gasteiger partial charge < -0.3 is 34.1 Å². The van der Waals surface area contributed by atoms with Gasteiger partial charge in [0.15, 0.2) is 6.61 Å². The number of anilines is 2. The summed E-state index contributed by atoms with van der Waals surface area (Å²) in [6, 6.07) is 7.21. The molecule has 0 atom stereocenters. The second-order valence-electron chi connectivity index (χ2n) is 7.33. The van der Waals surface area contributed by atoms with E-state index in [1.165, 1.54) is 0 Å². The highest BCUT2D eigenvalue weighted by atomic mass is 35.5. The number of carbonyl (C=O) groups is 1. The van der Waals surface area contributed by atoms with E-state index in [4.69, 9.17) is 30.5 Å². The van der Waals surface area contributed by atoms with E-state index < -0.39 is 0 Å². The standard InChI is InChI=1S/C21H27ClN6O5/c22-16-3-1-2-4-17(16)33-15-18(29)23-5-10-32-21-25-19(27-6-11-30-12-7-27)24-20(26-21)28-8-13-31-14-9-28/h1-4H,5-15H2,(H,23,29). The Morgan fingerprint density at radius 2 is 1.55 bits per heavy atom. The SMILES string of the molecule is O=C(COc1ccccc1Cl)NCCOc1nc(N2CCOCC2)nc(N2CCOCC2)n1. The van der Waals surface area contributed by atoms with Crippen molar-refractivity contribution >= 4 is 29.4 Å². The molecule has 0 spiro atoms. The smallest absolute Gasteiger partial charge is 0.323 e. The van der Waals surface area contributed by atoms with Gasteiger partial charge in [0.05, 0.1) is 38.0 Å². The summed E-state index contributed by atoms with van der Waals surface area (Å²) in [5.74, 6) is 1.29. The highest BCUT2D eigenvalue weighted by molar-refractivity contribution is 6.32. The monoisotopic (exact) mass is 478 g/mol. The fourth-order valence-corrected chi connectivity index (χ4v) is 3.49. The van der Waals surface area contributed by atoms with Crippen LogP contribution in [0.25, 0.3) is 0 Å². The Kier molecular flexibility index (Phi) is 8.34. The number of benzene rings is 1. The predicted octanol–water partition coefficient (Wildman–Crippen LogP) is 0.772. The van der Waals surface area contributed by atoms with Crippen LogP contribution in [0.1, 0.15) is 0 Å². The van der Waals surface area contributed by atoms with Crippen molar-refractivity contribution in [3.63, 3.8) is 0 Å². The number of nitrogens with one attached hydrogen (secondary N) is 1. The van der Waals surface area contributed by atoms with Gasteiger partial charge in [-0.15, -0.1) is 0 Å². The van der Waals surface area contributed by atoms with Gasteiger partial charge in [-0.3, -0.25) is 4.79 Å². The summed E-state index contributed by atoms with van der Waals surface area (Å²) in [6.45, 7) is 5.63. The van der Waals surface area contributed by atoms with Gasteiger partial charge in [0.2, 0.25) is 11.9 Å². The van der Waals surface area contributed by atoms with E-state index in [0.29, 0.717) is 75.3 Å². The average Bonchev–Trinajstić information content (AvgIpc) is 2.87. The summed E-state index contributed by atoms with van der Waals surface area (Å²) >= 11 is 6.02. The van der Waals surface area contributed by atoms with Crippen molar-refractivity contribution in [2.45, 2.75) is 0 Å². The van der Waals surface area contributed by atoms with Gasteiger partial charge in [-0.25, -0.2) is 0 Å². The first kappa shape index (κ1) is 23.3. The van der Waals surface area contributed by atoms with Gasteiger partial charge in [0.25, 0.3) is 5.91 Å². The fourth-order valence-electron chi connectivity index (χ4n) is 3.30. The molecule has 1 aromatic heterocycles. The Bertz CT molecular complexity index is 888. The molecule has 2 fully saturated rings. The molecule has 1 N–H and O–H groups in total. The van der Waals surface area contributed by atoms with Crippen molar-refractivity contribution in [3.05, 3.63) is 29.3 Å². The van der Waals surface area contributed by atoms with Crippen LogP contribution in [0.3, 0.4) is 0 Å². The normalized spacial score (nSPS) is 16.4. The molecule has 178 valence electrons. The average molecular weight is 479 g/mol. The Balaban J connectivity index is 1.30. The van der Waals surface area contributed by atoms with Crippen LogP contribution in [-0.4, -0.2) is 93.2 Å². The van der Waals surface area contributed by atoms with Crippen LogP contribution in [-0.2, 0) is 14.3 Å². The van der Waals surface area contributed by atoms with E-state index in [9.17, 15) is 4.79 Å². The highest BCUT2D eigenvalue weighted by Crippen LogP contribution is 2.23. The fraction of sp³-hybridized carbons (Fsp3) is 0.524. The number of halogens is 1.